The lowest BCUT2D eigenvalue weighted by molar-refractivity contribution is -0.130. The molecule has 4 atom stereocenters. The average molecular weight is 325 g/mol. The molecule has 0 aromatic heterocycles. The second-order valence-corrected chi connectivity index (χ2v) is 13.0. The smallest absolute Gasteiger partial charge is 0.186 e. The molecule has 0 aromatic rings. The molecule has 0 spiro atoms. The maximum Gasteiger partial charge on any atom is 0.186 e. The van der Waals surface area contributed by atoms with Crippen LogP contribution in [0, 0.1) is 23.2 Å². The van der Waals surface area contributed by atoms with Gasteiger partial charge in [-0.1, -0.05) is 33.6 Å². The molecule has 128 valence electrons. The van der Waals surface area contributed by atoms with Gasteiger partial charge in [-0.25, -0.2) is 0 Å². The number of ketones is 1. The van der Waals surface area contributed by atoms with Crippen LogP contribution in [0.3, 0.4) is 0 Å². The SMILES string of the molecule is CCCC[Si](C)(C)OC[C@@H](C)[C@H]1CCC2C(=O)CCC[C@@]21C. The molecule has 2 fully saturated rings. The summed E-state index contributed by atoms with van der Waals surface area (Å²) < 4.78 is 6.41. The summed E-state index contributed by atoms with van der Waals surface area (Å²) >= 11 is 0. The zero-order valence-electron chi connectivity index (χ0n) is 15.4. The van der Waals surface area contributed by atoms with Crippen molar-refractivity contribution in [3.8, 4) is 0 Å². The molecule has 0 aliphatic heterocycles. The van der Waals surface area contributed by atoms with E-state index < -0.39 is 8.32 Å². The maximum absolute atomic E-state index is 12.3. The molecule has 22 heavy (non-hydrogen) atoms. The summed E-state index contributed by atoms with van der Waals surface area (Å²) in [5.41, 5.74) is 0.257. The van der Waals surface area contributed by atoms with E-state index >= 15 is 0 Å². The van der Waals surface area contributed by atoms with Gasteiger partial charge in [0.15, 0.2) is 8.32 Å². The summed E-state index contributed by atoms with van der Waals surface area (Å²) in [6, 6.07) is 1.28. The van der Waals surface area contributed by atoms with E-state index in [4.69, 9.17) is 4.43 Å². The van der Waals surface area contributed by atoms with E-state index in [1.54, 1.807) is 0 Å². The van der Waals surface area contributed by atoms with Gasteiger partial charge < -0.3 is 4.43 Å². The Bertz CT molecular complexity index is 393. The van der Waals surface area contributed by atoms with Gasteiger partial charge in [-0.3, -0.25) is 4.79 Å². The largest absolute Gasteiger partial charge is 0.417 e. The number of unbranched alkanes of at least 4 members (excludes halogenated alkanes) is 1. The molecule has 0 amide bonds. The predicted octanol–water partition coefficient (Wildman–Crippen LogP) is 5.43. The lowest BCUT2D eigenvalue weighted by Crippen LogP contribution is -2.41. The van der Waals surface area contributed by atoms with Crippen molar-refractivity contribution in [3.05, 3.63) is 0 Å². The zero-order chi connectivity index (χ0) is 16.4. The highest BCUT2D eigenvalue weighted by Crippen LogP contribution is 2.56. The number of hydrogen-bond donors (Lipinski definition) is 0. The third-order valence-corrected chi connectivity index (χ3v) is 9.00. The molecular formula is C19H36O2Si. The van der Waals surface area contributed by atoms with E-state index in [-0.39, 0.29) is 5.41 Å². The van der Waals surface area contributed by atoms with Crippen molar-refractivity contribution in [2.24, 2.45) is 23.2 Å². The van der Waals surface area contributed by atoms with E-state index in [1.165, 1.54) is 31.7 Å². The Labute approximate surface area is 138 Å². The van der Waals surface area contributed by atoms with Crippen LogP contribution in [-0.4, -0.2) is 20.7 Å². The zero-order valence-corrected chi connectivity index (χ0v) is 16.4. The molecule has 2 aliphatic carbocycles. The molecule has 1 unspecified atom stereocenters. The lowest BCUT2D eigenvalue weighted by atomic mass is 9.62. The highest BCUT2D eigenvalue weighted by Gasteiger charge is 2.52. The number of carbonyl (C=O) groups excluding carboxylic acids is 1. The van der Waals surface area contributed by atoms with Crippen molar-refractivity contribution in [1.29, 1.82) is 0 Å². The lowest BCUT2D eigenvalue weighted by Gasteiger charge is -2.42. The van der Waals surface area contributed by atoms with Gasteiger partial charge in [0.2, 0.25) is 0 Å². The van der Waals surface area contributed by atoms with E-state index in [0.29, 0.717) is 23.5 Å². The molecule has 0 bridgehead atoms. The molecule has 2 aliphatic rings. The molecule has 0 saturated heterocycles. The number of hydrogen-bond acceptors (Lipinski definition) is 2. The van der Waals surface area contributed by atoms with Gasteiger partial charge in [0.25, 0.3) is 0 Å². The van der Waals surface area contributed by atoms with Crippen LogP contribution in [0.25, 0.3) is 0 Å². The van der Waals surface area contributed by atoms with Crippen molar-refractivity contribution in [3.63, 3.8) is 0 Å². The molecule has 2 nitrogen and oxygen atoms in total. The van der Waals surface area contributed by atoms with Crippen LogP contribution in [0.1, 0.15) is 65.7 Å². The van der Waals surface area contributed by atoms with Crippen LogP contribution in [-0.2, 0) is 9.22 Å². The van der Waals surface area contributed by atoms with Gasteiger partial charge in [-0.05, 0) is 62.1 Å². The van der Waals surface area contributed by atoms with Crippen molar-refractivity contribution in [2.45, 2.75) is 84.9 Å². The first-order valence-corrected chi connectivity index (χ1v) is 12.6. The molecule has 0 aromatic carbocycles. The van der Waals surface area contributed by atoms with Gasteiger partial charge in [-0.2, -0.15) is 0 Å². The fraction of sp³-hybridized carbons (Fsp3) is 0.947. The van der Waals surface area contributed by atoms with Gasteiger partial charge in [-0.15, -0.1) is 0 Å². The second-order valence-electron chi connectivity index (χ2n) is 8.71. The first-order chi connectivity index (χ1) is 10.3. The Hall–Kier alpha value is -0.153. The summed E-state index contributed by atoms with van der Waals surface area (Å²) in [6.45, 7) is 12.6. The van der Waals surface area contributed by atoms with E-state index in [0.717, 1.165) is 25.9 Å². The Kier molecular flexibility index (Phi) is 5.93. The summed E-state index contributed by atoms with van der Waals surface area (Å²) in [6.07, 6.45) is 8.09. The Morgan fingerprint density at radius 3 is 2.77 bits per heavy atom. The van der Waals surface area contributed by atoms with Crippen LogP contribution in [0.15, 0.2) is 0 Å². The Balaban J connectivity index is 1.92. The molecule has 0 radical (unpaired) electrons. The van der Waals surface area contributed by atoms with Crippen LogP contribution in [0.5, 0.6) is 0 Å². The van der Waals surface area contributed by atoms with Crippen LogP contribution in [0.2, 0.25) is 19.1 Å². The third-order valence-electron chi connectivity index (χ3n) is 6.49. The number of Topliss-reactive ketones (excluding diaryl/α,β-unsaturated/α-hetero) is 1. The molecular weight excluding hydrogens is 288 g/mol. The van der Waals surface area contributed by atoms with Gasteiger partial charge in [0, 0.05) is 18.9 Å². The minimum Gasteiger partial charge on any atom is -0.417 e. The van der Waals surface area contributed by atoms with Crippen molar-refractivity contribution < 1.29 is 9.22 Å². The predicted molar refractivity (Wildman–Crippen MR) is 95.5 cm³/mol. The van der Waals surface area contributed by atoms with Crippen molar-refractivity contribution >= 4 is 14.1 Å². The molecule has 0 N–H and O–H groups in total. The minimum atomic E-state index is -1.49. The summed E-state index contributed by atoms with van der Waals surface area (Å²) in [5.74, 6) is 2.16. The number of rotatable bonds is 7. The van der Waals surface area contributed by atoms with Gasteiger partial charge in [0.1, 0.15) is 5.78 Å². The fourth-order valence-electron chi connectivity index (χ4n) is 5.05. The third kappa shape index (κ3) is 3.84. The number of carbonyl (C=O) groups is 1. The highest BCUT2D eigenvalue weighted by atomic mass is 28.4. The van der Waals surface area contributed by atoms with Crippen LogP contribution in [0.4, 0.5) is 0 Å². The molecule has 2 rings (SSSR count). The summed E-state index contributed by atoms with van der Waals surface area (Å²) in [4.78, 5) is 12.3. The topological polar surface area (TPSA) is 26.3 Å². The van der Waals surface area contributed by atoms with Crippen molar-refractivity contribution in [2.75, 3.05) is 6.61 Å². The minimum absolute atomic E-state index is 0.257. The van der Waals surface area contributed by atoms with Crippen LogP contribution < -0.4 is 0 Å². The summed E-state index contributed by atoms with van der Waals surface area (Å²) in [5, 5.41) is 0. The monoisotopic (exact) mass is 324 g/mol. The van der Waals surface area contributed by atoms with E-state index in [1.807, 2.05) is 0 Å². The molecule has 3 heteroatoms. The van der Waals surface area contributed by atoms with E-state index in [9.17, 15) is 4.79 Å². The normalized spacial score (nSPS) is 33.8. The quantitative estimate of drug-likeness (QED) is 0.584. The van der Waals surface area contributed by atoms with Crippen molar-refractivity contribution in [1.82, 2.24) is 0 Å². The highest BCUT2D eigenvalue weighted by molar-refractivity contribution is 6.71. The average Bonchev–Trinajstić information content (AvgIpc) is 2.81. The Morgan fingerprint density at radius 1 is 1.36 bits per heavy atom. The first-order valence-electron chi connectivity index (χ1n) is 9.47. The molecule has 0 heterocycles. The Morgan fingerprint density at radius 2 is 2.09 bits per heavy atom. The van der Waals surface area contributed by atoms with E-state index in [2.05, 4.69) is 33.9 Å². The van der Waals surface area contributed by atoms with Gasteiger partial charge in [0.05, 0.1) is 0 Å². The second kappa shape index (κ2) is 7.17. The maximum atomic E-state index is 12.3. The summed E-state index contributed by atoms with van der Waals surface area (Å²) in [7, 11) is -1.49. The van der Waals surface area contributed by atoms with Crippen LogP contribution >= 0.6 is 0 Å². The standard InChI is InChI=1S/C19H36O2Si/c1-6-7-13-22(4,5)21-14-15(2)16-10-11-17-18(20)9-8-12-19(16,17)3/h15-17H,6-14H2,1-5H3/t15-,16-,17?,19-/m1/s1. The molecule has 2 saturated carbocycles. The fourth-order valence-corrected chi connectivity index (χ4v) is 7.12. The number of fused-ring (bicyclic) bond motifs is 1. The van der Waals surface area contributed by atoms with Gasteiger partial charge >= 0.3 is 0 Å². The first kappa shape index (κ1) is 18.2.